The highest BCUT2D eigenvalue weighted by atomic mass is 16.6. The maximum atomic E-state index is 12.5. The molecule has 0 saturated carbocycles. The summed E-state index contributed by atoms with van der Waals surface area (Å²) < 4.78 is 5.10. The molecule has 1 saturated heterocycles. The fourth-order valence-electron chi connectivity index (χ4n) is 2.33. The van der Waals surface area contributed by atoms with Crippen molar-refractivity contribution in [1.82, 2.24) is 10.2 Å². The molecule has 0 aromatic rings. The molecule has 23 heavy (non-hydrogen) atoms. The van der Waals surface area contributed by atoms with Gasteiger partial charge in [-0.05, 0) is 27.2 Å². The highest BCUT2D eigenvalue weighted by Gasteiger charge is 2.41. The molecule has 1 aliphatic heterocycles. The fraction of sp³-hybridized carbons (Fsp3) is 0.667. The monoisotopic (exact) mass is 328 g/mol. The predicted octanol–water partition coefficient (Wildman–Crippen LogP) is 0.502. The van der Waals surface area contributed by atoms with Gasteiger partial charge in [0.1, 0.15) is 17.7 Å². The van der Waals surface area contributed by atoms with Crippen LogP contribution in [0.2, 0.25) is 0 Å². The number of rotatable bonds is 5. The highest BCUT2D eigenvalue weighted by Crippen LogP contribution is 2.20. The summed E-state index contributed by atoms with van der Waals surface area (Å²) >= 11 is 0. The third-order valence-electron chi connectivity index (χ3n) is 3.24. The maximum Gasteiger partial charge on any atom is 0.408 e. The van der Waals surface area contributed by atoms with Crippen LogP contribution < -0.4 is 5.32 Å². The van der Waals surface area contributed by atoms with E-state index in [0.29, 0.717) is 0 Å². The molecule has 130 valence electrons. The summed E-state index contributed by atoms with van der Waals surface area (Å²) in [5.74, 6) is -1.77. The zero-order valence-corrected chi connectivity index (χ0v) is 13.6. The number of aliphatic hydroxyl groups is 1. The van der Waals surface area contributed by atoms with Crippen molar-refractivity contribution in [2.75, 3.05) is 6.54 Å². The summed E-state index contributed by atoms with van der Waals surface area (Å²) in [7, 11) is 0. The van der Waals surface area contributed by atoms with Crippen LogP contribution in [0.25, 0.3) is 0 Å². The molecule has 0 aromatic carbocycles. The minimum atomic E-state index is -1.19. The Kier molecular flexibility index (Phi) is 6.14. The molecule has 1 aliphatic rings. The van der Waals surface area contributed by atoms with Gasteiger partial charge in [0.2, 0.25) is 5.91 Å². The van der Waals surface area contributed by atoms with Crippen molar-refractivity contribution in [1.29, 1.82) is 0 Å². The van der Waals surface area contributed by atoms with Crippen LogP contribution in [0.15, 0.2) is 12.7 Å². The quantitative estimate of drug-likeness (QED) is 0.633. The number of likely N-dealkylation sites (tertiary alicyclic amines) is 1. The average Bonchev–Trinajstić information content (AvgIpc) is 2.77. The standard InChI is InChI=1S/C15H24N2O6/c1-5-6-10(16-14(22)23-15(2,3)4)12(19)17-8-9(18)7-11(17)13(20)21/h5,9-11,18H,1,6-8H2,2-4H3,(H,16,22)(H,20,21)/t9?,10-,11?/m0/s1. The number of ether oxygens (including phenoxy) is 1. The van der Waals surface area contributed by atoms with E-state index in [1.807, 2.05) is 0 Å². The molecule has 8 heteroatoms. The number of nitrogens with zero attached hydrogens (tertiary/aromatic N) is 1. The summed E-state index contributed by atoms with van der Waals surface area (Å²) in [5, 5.41) is 21.2. The molecule has 0 aromatic heterocycles. The number of carbonyl (C=O) groups excluding carboxylic acids is 2. The maximum absolute atomic E-state index is 12.5. The van der Waals surface area contributed by atoms with Crippen molar-refractivity contribution in [2.45, 2.75) is 57.4 Å². The number of aliphatic carboxylic acids is 1. The Bertz CT molecular complexity index is 485. The number of hydrogen-bond donors (Lipinski definition) is 3. The van der Waals surface area contributed by atoms with Crippen LogP contribution in [-0.2, 0) is 14.3 Å². The van der Waals surface area contributed by atoms with Gasteiger partial charge in [-0.15, -0.1) is 6.58 Å². The van der Waals surface area contributed by atoms with Gasteiger partial charge < -0.3 is 25.2 Å². The van der Waals surface area contributed by atoms with E-state index in [1.54, 1.807) is 20.8 Å². The van der Waals surface area contributed by atoms with E-state index in [9.17, 15) is 19.5 Å². The van der Waals surface area contributed by atoms with Gasteiger partial charge in [0.25, 0.3) is 0 Å². The molecule has 0 radical (unpaired) electrons. The van der Waals surface area contributed by atoms with Crippen LogP contribution in [0.4, 0.5) is 4.79 Å². The molecule has 2 unspecified atom stereocenters. The second-order valence-electron chi connectivity index (χ2n) is 6.46. The second kappa shape index (κ2) is 7.45. The van der Waals surface area contributed by atoms with Gasteiger partial charge in [-0.2, -0.15) is 0 Å². The predicted molar refractivity (Wildman–Crippen MR) is 81.7 cm³/mol. The number of nitrogens with one attached hydrogen (secondary N) is 1. The molecule has 3 atom stereocenters. The molecule has 1 heterocycles. The molecule has 1 rings (SSSR count). The molecule has 8 nitrogen and oxygen atoms in total. The average molecular weight is 328 g/mol. The molecule has 0 aliphatic carbocycles. The summed E-state index contributed by atoms with van der Waals surface area (Å²) in [6.07, 6.45) is -0.136. The lowest BCUT2D eigenvalue weighted by atomic mass is 10.1. The molecular weight excluding hydrogens is 304 g/mol. The lowest BCUT2D eigenvalue weighted by Crippen LogP contribution is -2.52. The van der Waals surface area contributed by atoms with E-state index >= 15 is 0 Å². The lowest BCUT2D eigenvalue weighted by Gasteiger charge is -2.27. The second-order valence-corrected chi connectivity index (χ2v) is 6.46. The molecule has 0 bridgehead atoms. The molecule has 2 amide bonds. The van der Waals surface area contributed by atoms with Crippen molar-refractivity contribution in [3.05, 3.63) is 12.7 Å². The minimum absolute atomic E-state index is 0.0334. The third kappa shape index (κ3) is 5.55. The van der Waals surface area contributed by atoms with Crippen molar-refractivity contribution in [2.24, 2.45) is 0 Å². The first kappa shape index (κ1) is 19.0. The van der Waals surface area contributed by atoms with Gasteiger partial charge in [0.05, 0.1) is 6.10 Å². The Morgan fingerprint density at radius 2 is 2.04 bits per heavy atom. The lowest BCUT2D eigenvalue weighted by molar-refractivity contribution is -0.149. The van der Waals surface area contributed by atoms with E-state index in [2.05, 4.69) is 11.9 Å². The third-order valence-corrected chi connectivity index (χ3v) is 3.24. The van der Waals surface area contributed by atoms with E-state index in [4.69, 9.17) is 9.84 Å². The SMILES string of the molecule is C=CC[C@H](NC(=O)OC(C)(C)C)C(=O)N1CC(O)CC1C(=O)O. The number of aliphatic hydroxyl groups excluding tert-OH is 1. The zero-order valence-electron chi connectivity index (χ0n) is 13.6. The summed E-state index contributed by atoms with van der Waals surface area (Å²) in [5.41, 5.74) is -0.723. The number of hydrogen-bond acceptors (Lipinski definition) is 5. The van der Waals surface area contributed by atoms with Crippen molar-refractivity contribution < 1.29 is 29.3 Å². The van der Waals surface area contributed by atoms with Crippen LogP contribution >= 0.6 is 0 Å². The van der Waals surface area contributed by atoms with Crippen molar-refractivity contribution in [3.63, 3.8) is 0 Å². The Hall–Kier alpha value is -2.09. The van der Waals surface area contributed by atoms with Crippen LogP contribution in [0.3, 0.4) is 0 Å². The Labute approximate surface area is 135 Å². The number of carbonyl (C=O) groups is 3. The van der Waals surface area contributed by atoms with Crippen LogP contribution in [0.5, 0.6) is 0 Å². The normalized spacial score (nSPS) is 22.3. The molecular formula is C15H24N2O6. The Balaban J connectivity index is 2.83. The topological polar surface area (TPSA) is 116 Å². The Morgan fingerprint density at radius 1 is 1.43 bits per heavy atom. The fourth-order valence-corrected chi connectivity index (χ4v) is 2.33. The molecule has 3 N–H and O–H groups in total. The van der Waals surface area contributed by atoms with Gasteiger partial charge in [-0.25, -0.2) is 9.59 Å². The number of carboxylic acids is 1. The summed E-state index contributed by atoms with van der Waals surface area (Å²) in [6, 6.07) is -2.10. The largest absolute Gasteiger partial charge is 0.480 e. The van der Waals surface area contributed by atoms with Crippen molar-refractivity contribution >= 4 is 18.0 Å². The van der Waals surface area contributed by atoms with E-state index in [1.165, 1.54) is 6.08 Å². The zero-order chi connectivity index (χ0) is 17.8. The molecule has 0 spiro atoms. The first-order chi connectivity index (χ1) is 10.5. The minimum Gasteiger partial charge on any atom is -0.480 e. The molecule has 1 fully saturated rings. The van der Waals surface area contributed by atoms with E-state index in [-0.39, 0.29) is 19.4 Å². The van der Waals surface area contributed by atoms with E-state index in [0.717, 1.165) is 4.90 Å². The first-order valence-corrected chi connectivity index (χ1v) is 7.37. The Morgan fingerprint density at radius 3 is 2.52 bits per heavy atom. The van der Waals surface area contributed by atoms with Gasteiger partial charge >= 0.3 is 12.1 Å². The van der Waals surface area contributed by atoms with Crippen molar-refractivity contribution in [3.8, 4) is 0 Å². The highest BCUT2D eigenvalue weighted by molar-refractivity contribution is 5.90. The first-order valence-electron chi connectivity index (χ1n) is 7.37. The number of carboxylic acid groups (broad SMARTS) is 1. The summed E-state index contributed by atoms with van der Waals surface area (Å²) in [6.45, 7) is 8.51. The number of amides is 2. The summed E-state index contributed by atoms with van der Waals surface area (Å²) in [4.78, 5) is 36.7. The van der Waals surface area contributed by atoms with Gasteiger partial charge in [-0.3, -0.25) is 4.79 Å². The van der Waals surface area contributed by atoms with Crippen LogP contribution in [0, 0.1) is 0 Å². The van der Waals surface area contributed by atoms with Crippen LogP contribution in [-0.4, -0.2) is 63.4 Å². The van der Waals surface area contributed by atoms with Crippen LogP contribution in [0.1, 0.15) is 33.6 Å². The van der Waals surface area contributed by atoms with E-state index < -0.39 is 41.8 Å². The smallest absolute Gasteiger partial charge is 0.408 e. The number of alkyl carbamates (subject to hydrolysis) is 1. The van der Waals surface area contributed by atoms with Gasteiger partial charge in [0, 0.05) is 13.0 Å². The number of β-amino-alcohol motifs (C(OH)–C–C–N with tert-alkyl or cyclic N) is 1. The van der Waals surface area contributed by atoms with Gasteiger partial charge in [-0.1, -0.05) is 6.08 Å². The van der Waals surface area contributed by atoms with Gasteiger partial charge in [0.15, 0.2) is 0 Å².